The molecule has 0 saturated heterocycles. The highest BCUT2D eigenvalue weighted by Gasteiger charge is 2.58. The second-order valence-corrected chi connectivity index (χ2v) is 12.7. The lowest BCUT2D eigenvalue weighted by molar-refractivity contribution is -0.133. The fraction of sp³-hybridized carbons (Fsp3) is 0.690. The van der Waals surface area contributed by atoms with Gasteiger partial charge in [-0.05, 0) is 118 Å². The number of nitrogens with zero attached hydrogens (tertiary/aromatic N) is 3. The topological polar surface area (TPSA) is 77.1 Å². The van der Waals surface area contributed by atoms with Crippen LogP contribution in [0.1, 0.15) is 71.6 Å². The SMILES string of the molecule is C[C@@]1(O)CC[C@H]2[C@H](CC[C@@H]3[C@@H]2CC[C@]2(C)[C@@H](C(=O)Cn4ncn(-c5cccc(F)c5)c4=O)CC[C@@H]32)C1. The van der Waals surface area contributed by atoms with Crippen LogP contribution in [0.2, 0.25) is 0 Å². The quantitative estimate of drug-likeness (QED) is 0.663. The standard InChI is InChI=1S/C29H38FN3O3/c1-28(36)12-10-21-18(15-28)6-7-23-22(21)11-13-29(2)24(23)8-9-25(29)26(34)16-33-27(35)32(17-31-33)20-5-3-4-19(30)14-20/h3-5,14,17-18,21-25,36H,6-13,15-16H2,1-2H3/t18-,21+,22-,23-,24+,25-,28-,29+/m1/s1. The van der Waals surface area contributed by atoms with E-state index >= 15 is 0 Å². The lowest BCUT2D eigenvalue weighted by Crippen LogP contribution is -2.51. The van der Waals surface area contributed by atoms with E-state index in [0.29, 0.717) is 23.4 Å². The highest BCUT2D eigenvalue weighted by atomic mass is 19.1. The summed E-state index contributed by atoms with van der Waals surface area (Å²) in [5.74, 6) is 3.00. The molecule has 0 unspecified atom stereocenters. The first-order chi connectivity index (χ1) is 17.2. The van der Waals surface area contributed by atoms with Crippen molar-refractivity contribution in [2.75, 3.05) is 0 Å². The molecule has 6 rings (SSSR count). The number of carbonyl (C=O) groups is 1. The van der Waals surface area contributed by atoms with E-state index in [9.17, 15) is 19.1 Å². The zero-order valence-corrected chi connectivity index (χ0v) is 21.4. The Bertz CT molecular complexity index is 1220. The maximum Gasteiger partial charge on any atom is 0.350 e. The molecule has 1 N–H and O–H groups in total. The van der Waals surface area contributed by atoms with Gasteiger partial charge >= 0.3 is 5.69 Å². The Kier molecular flexibility index (Phi) is 5.78. The minimum Gasteiger partial charge on any atom is -0.390 e. The molecule has 1 aromatic heterocycles. The van der Waals surface area contributed by atoms with Crippen molar-refractivity contribution >= 4 is 5.78 Å². The van der Waals surface area contributed by atoms with Crippen LogP contribution in [0, 0.1) is 46.7 Å². The summed E-state index contributed by atoms with van der Waals surface area (Å²) in [4.78, 5) is 26.5. The number of aliphatic hydroxyl groups is 1. The van der Waals surface area contributed by atoms with Crippen LogP contribution in [0.3, 0.4) is 0 Å². The molecule has 0 aliphatic heterocycles. The van der Waals surface area contributed by atoms with Crippen LogP contribution in [-0.2, 0) is 11.3 Å². The van der Waals surface area contributed by atoms with Gasteiger partial charge in [0.1, 0.15) is 18.7 Å². The molecule has 1 heterocycles. The average Bonchev–Trinajstić information content (AvgIpc) is 3.37. The molecular formula is C29H38FN3O3. The van der Waals surface area contributed by atoms with E-state index in [-0.39, 0.29) is 23.7 Å². The third kappa shape index (κ3) is 3.89. The Morgan fingerprint density at radius 3 is 2.69 bits per heavy atom. The van der Waals surface area contributed by atoms with Gasteiger partial charge in [-0.3, -0.25) is 4.79 Å². The van der Waals surface area contributed by atoms with E-state index in [0.717, 1.165) is 50.4 Å². The van der Waals surface area contributed by atoms with Gasteiger partial charge in [0.15, 0.2) is 5.78 Å². The molecule has 4 aliphatic carbocycles. The molecule has 0 bridgehead atoms. The molecular weight excluding hydrogens is 457 g/mol. The third-order valence-corrected chi connectivity index (χ3v) is 10.8. The van der Waals surface area contributed by atoms with Gasteiger partial charge in [-0.25, -0.2) is 18.4 Å². The Morgan fingerprint density at radius 2 is 1.89 bits per heavy atom. The second-order valence-electron chi connectivity index (χ2n) is 12.7. The number of halogens is 1. The fourth-order valence-corrected chi connectivity index (χ4v) is 9.12. The summed E-state index contributed by atoms with van der Waals surface area (Å²) in [6, 6.07) is 5.83. The number of hydrogen-bond donors (Lipinski definition) is 1. The lowest BCUT2D eigenvalue weighted by Gasteiger charge is -2.56. The van der Waals surface area contributed by atoms with Crippen molar-refractivity contribution < 1.29 is 14.3 Å². The van der Waals surface area contributed by atoms with E-state index in [4.69, 9.17) is 0 Å². The average molecular weight is 496 g/mol. The van der Waals surface area contributed by atoms with Gasteiger partial charge in [0.25, 0.3) is 0 Å². The first-order valence-corrected chi connectivity index (χ1v) is 13.8. The normalized spacial score (nSPS) is 39.8. The summed E-state index contributed by atoms with van der Waals surface area (Å²) in [5, 5.41) is 14.8. The van der Waals surface area contributed by atoms with Gasteiger partial charge in [0.05, 0.1) is 11.3 Å². The molecule has 194 valence electrons. The van der Waals surface area contributed by atoms with Gasteiger partial charge in [0.2, 0.25) is 0 Å². The van der Waals surface area contributed by atoms with Crippen molar-refractivity contribution in [2.24, 2.45) is 40.9 Å². The zero-order valence-electron chi connectivity index (χ0n) is 21.4. The smallest absolute Gasteiger partial charge is 0.350 e. The van der Waals surface area contributed by atoms with Gasteiger partial charge < -0.3 is 5.11 Å². The zero-order chi connectivity index (χ0) is 25.2. The van der Waals surface area contributed by atoms with E-state index < -0.39 is 17.1 Å². The summed E-state index contributed by atoms with van der Waals surface area (Å²) in [6.45, 7) is 4.31. The summed E-state index contributed by atoms with van der Waals surface area (Å²) < 4.78 is 16.2. The number of benzene rings is 1. The summed E-state index contributed by atoms with van der Waals surface area (Å²) in [6.07, 6.45) is 11.0. The molecule has 4 fully saturated rings. The molecule has 2 aromatic rings. The van der Waals surface area contributed by atoms with Gasteiger partial charge in [-0.2, -0.15) is 5.10 Å². The predicted octanol–water partition coefficient (Wildman–Crippen LogP) is 4.76. The van der Waals surface area contributed by atoms with Crippen molar-refractivity contribution in [3.05, 3.63) is 46.9 Å². The molecule has 6 nitrogen and oxygen atoms in total. The third-order valence-electron chi connectivity index (χ3n) is 10.8. The number of hydrogen-bond acceptors (Lipinski definition) is 4. The Labute approximate surface area is 211 Å². The second kappa shape index (κ2) is 8.64. The number of ketones is 1. The monoisotopic (exact) mass is 495 g/mol. The first-order valence-electron chi connectivity index (χ1n) is 13.8. The Hall–Kier alpha value is -2.28. The van der Waals surface area contributed by atoms with Crippen LogP contribution in [0.5, 0.6) is 0 Å². The highest BCUT2D eigenvalue weighted by molar-refractivity contribution is 5.82. The van der Waals surface area contributed by atoms with Crippen molar-refractivity contribution in [3.63, 3.8) is 0 Å². The largest absolute Gasteiger partial charge is 0.390 e. The predicted molar refractivity (Wildman–Crippen MR) is 134 cm³/mol. The molecule has 8 atom stereocenters. The molecule has 4 aliphatic rings. The Balaban J connectivity index is 1.17. The summed E-state index contributed by atoms with van der Waals surface area (Å²) in [7, 11) is 0. The van der Waals surface area contributed by atoms with Crippen LogP contribution in [0.15, 0.2) is 35.4 Å². The van der Waals surface area contributed by atoms with Crippen LogP contribution < -0.4 is 5.69 Å². The summed E-state index contributed by atoms with van der Waals surface area (Å²) in [5.41, 5.74) is -0.518. The fourth-order valence-electron chi connectivity index (χ4n) is 9.12. The molecule has 0 radical (unpaired) electrons. The van der Waals surface area contributed by atoms with Crippen molar-refractivity contribution in [2.45, 2.75) is 83.8 Å². The number of fused-ring (bicyclic) bond motifs is 5. The van der Waals surface area contributed by atoms with E-state index in [1.54, 1.807) is 12.1 Å². The minimum absolute atomic E-state index is 0.0139. The van der Waals surface area contributed by atoms with Gasteiger partial charge in [-0.1, -0.05) is 13.0 Å². The number of rotatable bonds is 4. The van der Waals surface area contributed by atoms with Crippen molar-refractivity contribution in [1.82, 2.24) is 14.3 Å². The minimum atomic E-state index is -0.498. The number of carbonyl (C=O) groups excluding carboxylic acids is 1. The maximum atomic E-state index is 13.6. The van der Waals surface area contributed by atoms with Gasteiger partial charge in [0, 0.05) is 5.92 Å². The van der Waals surface area contributed by atoms with Crippen LogP contribution in [0.25, 0.3) is 5.69 Å². The van der Waals surface area contributed by atoms with Crippen LogP contribution in [-0.4, -0.2) is 30.8 Å². The number of aromatic nitrogens is 3. The first kappa shape index (κ1) is 24.1. The molecule has 1 aromatic carbocycles. The maximum absolute atomic E-state index is 13.6. The molecule has 0 amide bonds. The summed E-state index contributed by atoms with van der Waals surface area (Å²) >= 11 is 0. The molecule has 7 heteroatoms. The van der Waals surface area contributed by atoms with Crippen molar-refractivity contribution in [3.8, 4) is 5.69 Å². The lowest BCUT2D eigenvalue weighted by atomic mass is 9.49. The molecule has 0 spiro atoms. The van der Waals surface area contributed by atoms with Crippen LogP contribution >= 0.6 is 0 Å². The molecule has 4 saturated carbocycles. The molecule has 36 heavy (non-hydrogen) atoms. The van der Waals surface area contributed by atoms with Gasteiger partial charge in [-0.15, -0.1) is 0 Å². The van der Waals surface area contributed by atoms with Crippen molar-refractivity contribution in [1.29, 1.82) is 0 Å². The van der Waals surface area contributed by atoms with Crippen LogP contribution in [0.4, 0.5) is 4.39 Å². The highest BCUT2D eigenvalue weighted by Crippen LogP contribution is 2.64. The van der Waals surface area contributed by atoms with E-state index in [1.165, 1.54) is 47.0 Å². The van der Waals surface area contributed by atoms with E-state index in [2.05, 4.69) is 12.0 Å². The Morgan fingerprint density at radius 1 is 1.08 bits per heavy atom. The number of Topliss-reactive ketones (excluding diaryl/α,β-unsaturated/α-hetero) is 1. The van der Waals surface area contributed by atoms with E-state index in [1.807, 2.05) is 6.92 Å².